The number of halogens is 1. The summed E-state index contributed by atoms with van der Waals surface area (Å²) in [6.45, 7) is 1.87. The average Bonchev–Trinajstić information content (AvgIpc) is 2.89. The van der Waals surface area contributed by atoms with Gasteiger partial charge in [0.2, 0.25) is 0 Å². The normalized spacial score (nSPS) is 13.0. The maximum atomic E-state index is 12.3. The monoisotopic (exact) mass is 302 g/mol. The Kier molecular flexibility index (Phi) is 3.55. The fourth-order valence-corrected chi connectivity index (χ4v) is 2.77. The van der Waals surface area contributed by atoms with Crippen molar-refractivity contribution in [2.24, 2.45) is 0 Å². The van der Waals surface area contributed by atoms with Crippen molar-refractivity contribution in [1.29, 1.82) is 0 Å². The van der Waals surface area contributed by atoms with Crippen LogP contribution in [-0.2, 0) is 12.8 Å². The van der Waals surface area contributed by atoms with Crippen LogP contribution in [0.4, 0.5) is 5.69 Å². The number of fused-ring (bicyclic) bond motifs is 1. The molecule has 21 heavy (non-hydrogen) atoms. The number of anilines is 1. The van der Waals surface area contributed by atoms with E-state index >= 15 is 0 Å². The number of nitrogens with one attached hydrogen (secondary N) is 2. The first kappa shape index (κ1) is 13.9. The van der Waals surface area contributed by atoms with Crippen molar-refractivity contribution in [3.8, 4) is 0 Å². The van der Waals surface area contributed by atoms with Crippen molar-refractivity contribution < 1.29 is 4.79 Å². The molecule has 0 aliphatic heterocycles. The predicted molar refractivity (Wildman–Crippen MR) is 83.2 cm³/mol. The molecule has 1 heterocycles. The van der Waals surface area contributed by atoms with Crippen LogP contribution in [-0.4, -0.2) is 10.9 Å². The van der Waals surface area contributed by atoms with E-state index in [4.69, 9.17) is 11.6 Å². The molecule has 1 aliphatic carbocycles. The average molecular weight is 303 g/mol. The van der Waals surface area contributed by atoms with E-state index in [1.807, 2.05) is 13.0 Å². The SMILES string of the molecule is Cc1ccc(Cl)cc1NC(=O)c1cc2c([nH]c1=O)CCC2. The summed E-state index contributed by atoms with van der Waals surface area (Å²) >= 11 is 5.94. The van der Waals surface area contributed by atoms with Gasteiger partial charge in [0.25, 0.3) is 11.5 Å². The fraction of sp³-hybridized carbons (Fsp3) is 0.250. The van der Waals surface area contributed by atoms with Gasteiger partial charge in [0.15, 0.2) is 0 Å². The number of benzene rings is 1. The highest BCUT2D eigenvalue weighted by molar-refractivity contribution is 6.31. The molecule has 2 N–H and O–H groups in total. The number of hydrogen-bond acceptors (Lipinski definition) is 2. The van der Waals surface area contributed by atoms with E-state index in [9.17, 15) is 9.59 Å². The predicted octanol–water partition coefficient (Wildman–Crippen LogP) is 3.08. The summed E-state index contributed by atoms with van der Waals surface area (Å²) in [7, 11) is 0. The molecule has 0 fully saturated rings. The molecule has 1 aromatic heterocycles. The molecule has 1 aliphatic rings. The Labute approximate surface area is 127 Å². The summed E-state index contributed by atoms with van der Waals surface area (Å²) in [4.78, 5) is 27.2. The van der Waals surface area contributed by atoms with Gasteiger partial charge >= 0.3 is 0 Å². The first-order chi connectivity index (χ1) is 10.0. The highest BCUT2D eigenvalue weighted by atomic mass is 35.5. The molecule has 0 bridgehead atoms. The Morgan fingerprint density at radius 1 is 1.29 bits per heavy atom. The summed E-state index contributed by atoms with van der Waals surface area (Å²) in [6, 6.07) is 6.96. The first-order valence-corrected chi connectivity index (χ1v) is 7.25. The minimum absolute atomic E-state index is 0.148. The number of aromatic nitrogens is 1. The van der Waals surface area contributed by atoms with E-state index in [0.29, 0.717) is 10.7 Å². The van der Waals surface area contributed by atoms with Gasteiger partial charge in [0.1, 0.15) is 5.56 Å². The van der Waals surface area contributed by atoms with E-state index in [0.717, 1.165) is 36.1 Å². The second-order valence-corrected chi connectivity index (χ2v) is 5.72. The van der Waals surface area contributed by atoms with Crippen LogP contribution in [0, 0.1) is 6.92 Å². The number of carbonyl (C=O) groups is 1. The van der Waals surface area contributed by atoms with Crippen molar-refractivity contribution in [3.63, 3.8) is 0 Å². The minimum atomic E-state index is -0.406. The molecule has 1 aromatic carbocycles. The van der Waals surface area contributed by atoms with Crippen LogP contribution in [0.5, 0.6) is 0 Å². The van der Waals surface area contributed by atoms with Crippen LogP contribution < -0.4 is 10.9 Å². The summed E-state index contributed by atoms with van der Waals surface area (Å²) in [5, 5.41) is 3.30. The summed E-state index contributed by atoms with van der Waals surface area (Å²) in [5.41, 5.74) is 3.33. The van der Waals surface area contributed by atoms with Gasteiger partial charge in [-0.05, 0) is 55.5 Å². The van der Waals surface area contributed by atoms with E-state index in [2.05, 4.69) is 10.3 Å². The van der Waals surface area contributed by atoms with Crippen molar-refractivity contribution in [3.05, 3.63) is 62.0 Å². The molecule has 0 saturated carbocycles. The molecule has 3 rings (SSSR count). The van der Waals surface area contributed by atoms with Crippen LogP contribution in [0.2, 0.25) is 5.02 Å². The smallest absolute Gasteiger partial charge is 0.261 e. The Morgan fingerprint density at radius 3 is 2.90 bits per heavy atom. The lowest BCUT2D eigenvalue weighted by molar-refractivity contribution is 0.102. The highest BCUT2D eigenvalue weighted by Crippen LogP contribution is 2.22. The van der Waals surface area contributed by atoms with Crippen LogP contribution in [0.3, 0.4) is 0 Å². The third-order valence-corrected chi connectivity index (χ3v) is 4.02. The van der Waals surface area contributed by atoms with Gasteiger partial charge in [0.05, 0.1) is 0 Å². The third kappa shape index (κ3) is 2.72. The summed E-state index contributed by atoms with van der Waals surface area (Å²) < 4.78 is 0. The molecule has 5 heteroatoms. The molecule has 108 valence electrons. The van der Waals surface area contributed by atoms with Crippen LogP contribution in [0.1, 0.15) is 33.6 Å². The number of carbonyl (C=O) groups excluding carboxylic acids is 1. The maximum Gasteiger partial charge on any atom is 0.261 e. The number of hydrogen-bond donors (Lipinski definition) is 2. The molecule has 0 spiro atoms. The Hall–Kier alpha value is -2.07. The lowest BCUT2D eigenvalue weighted by Gasteiger charge is -2.09. The van der Waals surface area contributed by atoms with Crippen LogP contribution >= 0.6 is 11.6 Å². The molecular weight excluding hydrogens is 288 g/mol. The number of rotatable bonds is 2. The summed E-state index contributed by atoms with van der Waals surface area (Å²) in [5.74, 6) is -0.406. The van der Waals surface area contributed by atoms with E-state index in [-0.39, 0.29) is 11.1 Å². The molecule has 0 saturated heterocycles. The largest absolute Gasteiger partial charge is 0.325 e. The second kappa shape index (κ2) is 5.37. The molecule has 2 aromatic rings. The molecule has 4 nitrogen and oxygen atoms in total. The number of aryl methyl sites for hydroxylation is 3. The van der Waals surface area contributed by atoms with E-state index < -0.39 is 5.91 Å². The van der Waals surface area contributed by atoms with Crippen molar-refractivity contribution >= 4 is 23.2 Å². The highest BCUT2D eigenvalue weighted by Gasteiger charge is 2.18. The van der Waals surface area contributed by atoms with Crippen LogP contribution in [0.25, 0.3) is 0 Å². The van der Waals surface area contributed by atoms with Crippen molar-refractivity contribution in [2.75, 3.05) is 5.32 Å². The van der Waals surface area contributed by atoms with E-state index in [1.54, 1.807) is 18.2 Å². The van der Waals surface area contributed by atoms with E-state index in [1.165, 1.54) is 0 Å². The molecule has 0 radical (unpaired) electrons. The molecule has 1 amide bonds. The van der Waals surface area contributed by atoms with Gasteiger partial charge in [-0.25, -0.2) is 0 Å². The topological polar surface area (TPSA) is 62.0 Å². The number of amides is 1. The molecular formula is C16H15ClN2O2. The lowest BCUT2D eigenvalue weighted by Crippen LogP contribution is -2.24. The summed E-state index contributed by atoms with van der Waals surface area (Å²) in [6.07, 6.45) is 2.80. The van der Waals surface area contributed by atoms with Gasteiger partial charge in [-0.2, -0.15) is 0 Å². The van der Waals surface area contributed by atoms with Gasteiger partial charge in [-0.3, -0.25) is 9.59 Å². The standard InChI is InChI=1S/C16H15ClN2O2/c1-9-5-6-11(17)8-14(9)19-16(21)12-7-10-3-2-4-13(10)18-15(12)20/h5-8H,2-4H2,1H3,(H,18,20)(H,19,21). The Morgan fingerprint density at radius 2 is 2.10 bits per heavy atom. The third-order valence-electron chi connectivity index (χ3n) is 3.78. The van der Waals surface area contributed by atoms with Crippen molar-refractivity contribution in [1.82, 2.24) is 4.98 Å². The maximum absolute atomic E-state index is 12.3. The van der Waals surface area contributed by atoms with Crippen molar-refractivity contribution in [2.45, 2.75) is 26.2 Å². The second-order valence-electron chi connectivity index (χ2n) is 5.28. The van der Waals surface area contributed by atoms with Gasteiger partial charge in [-0.15, -0.1) is 0 Å². The minimum Gasteiger partial charge on any atom is -0.325 e. The zero-order valence-electron chi connectivity index (χ0n) is 11.6. The number of aromatic amines is 1. The Balaban J connectivity index is 1.93. The van der Waals surface area contributed by atoms with Gasteiger partial charge < -0.3 is 10.3 Å². The Bertz CT molecular complexity index is 780. The number of H-pyrrole nitrogens is 1. The first-order valence-electron chi connectivity index (χ1n) is 6.87. The fourth-order valence-electron chi connectivity index (χ4n) is 2.60. The zero-order chi connectivity index (χ0) is 15.0. The van der Waals surface area contributed by atoms with Crippen LogP contribution in [0.15, 0.2) is 29.1 Å². The number of pyridine rings is 1. The molecule has 0 unspecified atom stereocenters. The quantitative estimate of drug-likeness (QED) is 0.895. The lowest BCUT2D eigenvalue weighted by atomic mass is 10.1. The zero-order valence-corrected chi connectivity index (χ0v) is 12.4. The van der Waals surface area contributed by atoms with Gasteiger partial charge in [0, 0.05) is 16.4 Å². The molecule has 0 atom stereocenters. The van der Waals surface area contributed by atoms with Gasteiger partial charge in [-0.1, -0.05) is 17.7 Å².